The maximum Gasteiger partial charge on any atom is 0.291 e. The Bertz CT molecular complexity index is 2000. The fourth-order valence-electron chi connectivity index (χ4n) is 4.41. The van der Waals surface area contributed by atoms with E-state index in [2.05, 4.69) is 30.0 Å². The number of hydrogen-bond acceptors (Lipinski definition) is 6. The summed E-state index contributed by atoms with van der Waals surface area (Å²) in [6, 6.07) is 21.0. The van der Waals surface area contributed by atoms with Crippen LogP contribution in [0.25, 0.3) is 39.4 Å². The fraction of sp³-hybridized carbons (Fsp3) is 0.161. The molecule has 0 N–H and O–H groups in total. The lowest BCUT2D eigenvalue weighted by Crippen LogP contribution is -2.23. The van der Waals surface area contributed by atoms with Crippen molar-refractivity contribution in [1.82, 2.24) is 24.4 Å². The largest absolute Gasteiger partial charge is 0.493 e. The molecule has 0 saturated heterocycles. The summed E-state index contributed by atoms with van der Waals surface area (Å²) in [4.78, 5) is 18.5. The van der Waals surface area contributed by atoms with Crippen LogP contribution in [0.15, 0.2) is 77.7 Å². The average molecular weight is 603 g/mol. The van der Waals surface area contributed by atoms with Crippen LogP contribution in [0, 0.1) is 12.8 Å². The first kappa shape index (κ1) is 27.2. The van der Waals surface area contributed by atoms with Gasteiger partial charge in [0.05, 0.1) is 21.8 Å². The van der Waals surface area contributed by atoms with Gasteiger partial charge in [-0.25, -0.2) is 4.68 Å². The maximum absolute atomic E-state index is 13.4. The molecule has 3 heterocycles. The molecular weight excluding hydrogens is 577 g/mol. The number of halogens is 2. The third kappa shape index (κ3) is 5.51. The monoisotopic (exact) mass is 601 g/mol. The van der Waals surface area contributed by atoms with E-state index in [0.29, 0.717) is 43.5 Å². The molecule has 6 rings (SSSR count). The van der Waals surface area contributed by atoms with Gasteiger partial charge in [0.1, 0.15) is 11.4 Å². The van der Waals surface area contributed by atoms with Crippen molar-refractivity contribution in [2.75, 3.05) is 6.61 Å². The normalized spacial score (nSPS) is 12.1. The molecule has 7 nitrogen and oxygen atoms in total. The van der Waals surface area contributed by atoms with E-state index < -0.39 is 0 Å². The zero-order valence-electron chi connectivity index (χ0n) is 22.5. The Morgan fingerprint density at radius 3 is 2.54 bits per heavy atom. The number of benzene rings is 3. The molecule has 6 aromatic rings. The van der Waals surface area contributed by atoms with E-state index in [1.54, 1.807) is 18.2 Å². The molecule has 0 atom stereocenters. The summed E-state index contributed by atoms with van der Waals surface area (Å²) in [5.74, 6) is 1.65. The Hall–Kier alpha value is -3.98. The Labute approximate surface area is 250 Å². The van der Waals surface area contributed by atoms with Gasteiger partial charge in [-0.15, -0.1) is 5.10 Å². The lowest BCUT2D eigenvalue weighted by Gasteiger charge is -2.12. The molecule has 3 aromatic heterocycles. The van der Waals surface area contributed by atoms with Crippen LogP contribution in [-0.2, 0) is 0 Å². The van der Waals surface area contributed by atoms with Crippen molar-refractivity contribution >= 4 is 45.6 Å². The third-order valence-corrected chi connectivity index (χ3v) is 7.93. The predicted octanol–water partition coefficient (Wildman–Crippen LogP) is 6.87. The quantitative estimate of drug-likeness (QED) is 0.200. The summed E-state index contributed by atoms with van der Waals surface area (Å²) < 4.78 is 9.61. The van der Waals surface area contributed by atoms with Crippen LogP contribution in [0.1, 0.15) is 25.0 Å². The molecule has 206 valence electrons. The van der Waals surface area contributed by atoms with Crippen molar-refractivity contribution in [2.24, 2.45) is 5.92 Å². The van der Waals surface area contributed by atoms with Crippen LogP contribution in [-0.4, -0.2) is 31.0 Å². The standard InChI is InChI=1S/C31H25Cl2N5O2S/c1-18(2)17-40-26-12-9-20(13-19(26)3)28-21(16-37(35-28)23-7-5-4-6-8-23)14-27-30(39)38-31(41-27)34-29(36-38)24-11-10-22(32)15-25(24)33/h4-16,18H,17H2,1-3H3/b27-14-. The molecule has 0 radical (unpaired) electrons. The van der Waals surface area contributed by atoms with Crippen molar-refractivity contribution in [3.63, 3.8) is 0 Å². The van der Waals surface area contributed by atoms with E-state index in [1.807, 2.05) is 66.3 Å². The highest BCUT2D eigenvalue weighted by atomic mass is 35.5. The smallest absolute Gasteiger partial charge is 0.291 e. The number of aryl methyl sites for hydroxylation is 1. The highest BCUT2D eigenvalue weighted by Crippen LogP contribution is 2.30. The van der Waals surface area contributed by atoms with Crippen LogP contribution >= 0.6 is 34.5 Å². The van der Waals surface area contributed by atoms with Gasteiger partial charge in [-0.2, -0.15) is 14.6 Å². The van der Waals surface area contributed by atoms with Crippen LogP contribution in [0.2, 0.25) is 10.0 Å². The van der Waals surface area contributed by atoms with Gasteiger partial charge in [-0.1, -0.05) is 66.6 Å². The second-order valence-corrected chi connectivity index (χ2v) is 11.9. The summed E-state index contributed by atoms with van der Waals surface area (Å²) in [5.41, 5.74) is 4.75. The third-order valence-electron chi connectivity index (χ3n) is 6.42. The Morgan fingerprint density at radius 1 is 1.02 bits per heavy atom. The molecule has 41 heavy (non-hydrogen) atoms. The predicted molar refractivity (Wildman–Crippen MR) is 165 cm³/mol. The van der Waals surface area contributed by atoms with Crippen molar-refractivity contribution in [1.29, 1.82) is 0 Å². The number of fused-ring (bicyclic) bond motifs is 1. The minimum absolute atomic E-state index is 0.263. The van der Waals surface area contributed by atoms with E-state index in [-0.39, 0.29) is 5.56 Å². The van der Waals surface area contributed by atoms with Crippen molar-refractivity contribution in [3.8, 4) is 34.1 Å². The van der Waals surface area contributed by atoms with Gasteiger partial charge < -0.3 is 4.74 Å². The number of ether oxygens (including phenoxy) is 1. The van der Waals surface area contributed by atoms with Crippen molar-refractivity contribution < 1.29 is 4.74 Å². The zero-order chi connectivity index (χ0) is 28.7. The average Bonchev–Trinajstić information content (AvgIpc) is 3.63. The van der Waals surface area contributed by atoms with Crippen LogP contribution < -0.4 is 14.8 Å². The van der Waals surface area contributed by atoms with E-state index in [0.717, 1.165) is 33.8 Å². The van der Waals surface area contributed by atoms with Gasteiger partial charge in [0.2, 0.25) is 4.96 Å². The Kier molecular flexibility index (Phi) is 7.38. The SMILES string of the molecule is Cc1cc(-c2nn(-c3ccccc3)cc2/C=c2\sc3nc(-c4ccc(Cl)cc4Cl)nn3c2=O)ccc1OCC(C)C. The molecule has 10 heteroatoms. The second-order valence-electron chi connectivity index (χ2n) is 10.1. The molecule has 0 aliphatic heterocycles. The Balaban J connectivity index is 1.44. The molecule has 3 aromatic carbocycles. The summed E-state index contributed by atoms with van der Waals surface area (Å²) in [7, 11) is 0. The second kappa shape index (κ2) is 11.1. The van der Waals surface area contributed by atoms with E-state index >= 15 is 0 Å². The number of aromatic nitrogens is 5. The number of rotatable bonds is 7. The minimum atomic E-state index is -0.263. The summed E-state index contributed by atoms with van der Waals surface area (Å²) in [6.45, 7) is 6.92. The molecule has 0 saturated carbocycles. The van der Waals surface area contributed by atoms with Gasteiger partial charge in [0.15, 0.2) is 5.82 Å². The van der Waals surface area contributed by atoms with Crippen LogP contribution in [0.3, 0.4) is 0 Å². The summed E-state index contributed by atoms with van der Waals surface area (Å²) in [6.07, 6.45) is 3.77. The highest BCUT2D eigenvalue weighted by Gasteiger charge is 2.17. The molecule has 0 aliphatic rings. The van der Waals surface area contributed by atoms with Crippen molar-refractivity contribution in [3.05, 3.63) is 109 Å². The fourth-order valence-corrected chi connectivity index (χ4v) is 5.80. The first-order chi connectivity index (χ1) is 19.8. The minimum Gasteiger partial charge on any atom is -0.493 e. The number of nitrogens with zero attached hydrogens (tertiary/aromatic N) is 5. The molecule has 0 unspecified atom stereocenters. The maximum atomic E-state index is 13.4. The molecule has 0 aliphatic carbocycles. The molecular formula is C31H25Cl2N5O2S. The van der Waals surface area contributed by atoms with E-state index in [4.69, 9.17) is 33.0 Å². The van der Waals surface area contributed by atoms with E-state index in [1.165, 1.54) is 15.9 Å². The molecule has 0 amide bonds. The highest BCUT2D eigenvalue weighted by molar-refractivity contribution is 7.15. The summed E-state index contributed by atoms with van der Waals surface area (Å²) in [5, 5.41) is 10.3. The molecule has 0 bridgehead atoms. The van der Waals surface area contributed by atoms with Gasteiger partial charge in [-0.3, -0.25) is 4.79 Å². The van der Waals surface area contributed by atoms with Gasteiger partial charge in [-0.05, 0) is 73.0 Å². The summed E-state index contributed by atoms with van der Waals surface area (Å²) >= 11 is 13.6. The lowest BCUT2D eigenvalue weighted by molar-refractivity contribution is 0.269. The van der Waals surface area contributed by atoms with Gasteiger partial charge in [0.25, 0.3) is 5.56 Å². The van der Waals surface area contributed by atoms with Gasteiger partial charge in [0, 0.05) is 27.9 Å². The Morgan fingerprint density at radius 2 is 1.83 bits per heavy atom. The number of hydrogen-bond donors (Lipinski definition) is 0. The van der Waals surface area contributed by atoms with E-state index in [9.17, 15) is 4.79 Å². The number of thiazole rings is 1. The van der Waals surface area contributed by atoms with Crippen LogP contribution in [0.4, 0.5) is 0 Å². The first-order valence-electron chi connectivity index (χ1n) is 13.0. The topological polar surface area (TPSA) is 74.3 Å². The molecule has 0 fully saturated rings. The first-order valence-corrected chi connectivity index (χ1v) is 14.6. The number of para-hydroxylation sites is 1. The zero-order valence-corrected chi connectivity index (χ0v) is 24.8. The van der Waals surface area contributed by atoms with Crippen molar-refractivity contribution in [2.45, 2.75) is 20.8 Å². The van der Waals surface area contributed by atoms with Crippen LogP contribution in [0.5, 0.6) is 5.75 Å². The lowest BCUT2D eigenvalue weighted by atomic mass is 10.0. The molecule has 0 spiro atoms. The van der Waals surface area contributed by atoms with Gasteiger partial charge >= 0.3 is 0 Å².